The molecule has 0 heterocycles. The van der Waals surface area contributed by atoms with E-state index in [0.717, 1.165) is 89.9 Å². The quantitative estimate of drug-likeness (QED) is 0.0424. The van der Waals surface area contributed by atoms with E-state index in [4.69, 9.17) is 9.84 Å². The Kier molecular flexibility index (Phi) is 35.7. The predicted molar refractivity (Wildman–Crippen MR) is 199 cm³/mol. The lowest BCUT2D eigenvalue weighted by Gasteiger charge is -2.18. The monoisotopic (exact) mass is 643 g/mol. The molecule has 0 aromatic rings. The number of carbonyl (C=O) groups is 2. The number of hydrogen-bond donors (Lipinski definition) is 1. The van der Waals surface area contributed by atoms with Crippen LogP contribution in [-0.4, -0.2) is 23.1 Å². The maximum absolute atomic E-state index is 12.5. The Morgan fingerprint density at radius 3 is 1.37 bits per heavy atom. The molecule has 4 heteroatoms. The molecule has 0 radical (unpaired) electrons. The summed E-state index contributed by atoms with van der Waals surface area (Å²) in [6, 6.07) is 0. The van der Waals surface area contributed by atoms with Gasteiger partial charge in [0.2, 0.25) is 0 Å². The predicted octanol–water partition coefficient (Wildman–Crippen LogP) is 13.6. The summed E-state index contributed by atoms with van der Waals surface area (Å²) in [6.07, 6.45) is 50.3. The Morgan fingerprint density at radius 1 is 0.478 bits per heavy atom. The van der Waals surface area contributed by atoms with Crippen LogP contribution >= 0.6 is 0 Å². The number of ether oxygens (including phenoxy) is 1. The van der Waals surface area contributed by atoms with Crippen LogP contribution in [0.1, 0.15) is 200 Å². The van der Waals surface area contributed by atoms with Gasteiger partial charge >= 0.3 is 11.9 Å². The zero-order valence-corrected chi connectivity index (χ0v) is 30.4. The summed E-state index contributed by atoms with van der Waals surface area (Å²) in [5.74, 6) is -0.673. The summed E-state index contributed by atoms with van der Waals surface area (Å²) in [5.41, 5.74) is 0. The van der Waals surface area contributed by atoms with Crippen LogP contribution < -0.4 is 0 Å². The van der Waals surface area contributed by atoms with E-state index in [1.54, 1.807) is 0 Å². The highest BCUT2D eigenvalue weighted by Crippen LogP contribution is 2.18. The average Bonchev–Trinajstić information content (AvgIpc) is 3.04. The minimum atomic E-state index is -0.678. The van der Waals surface area contributed by atoms with Gasteiger partial charge in [-0.05, 0) is 77.0 Å². The van der Waals surface area contributed by atoms with Gasteiger partial charge in [-0.2, -0.15) is 0 Å². The molecule has 0 aliphatic rings. The number of rotatable bonds is 35. The number of aliphatic carboxylic acids is 1. The van der Waals surface area contributed by atoms with Crippen LogP contribution in [0.15, 0.2) is 48.6 Å². The van der Waals surface area contributed by atoms with E-state index in [1.807, 2.05) is 0 Å². The minimum Gasteiger partial charge on any atom is -0.481 e. The van der Waals surface area contributed by atoms with Crippen molar-refractivity contribution in [3.05, 3.63) is 48.6 Å². The second-order valence-corrected chi connectivity index (χ2v) is 13.1. The fraction of sp³-hybridized carbons (Fsp3) is 0.762. The van der Waals surface area contributed by atoms with Crippen LogP contribution in [0.25, 0.3) is 0 Å². The minimum absolute atomic E-state index is 0.00517. The lowest BCUT2D eigenvalue weighted by atomic mass is 10.0. The van der Waals surface area contributed by atoms with Crippen molar-refractivity contribution in [1.29, 1.82) is 0 Å². The molecule has 266 valence electrons. The van der Waals surface area contributed by atoms with Gasteiger partial charge in [0.05, 0.1) is 0 Å². The summed E-state index contributed by atoms with van der Waals surface area (Å²) < 4.78 is 5.91. The highest BCUT2D eigenvalue weighted by molar-refractivity contribution is 5.69. The van der Waals surface area contributed by atoms with Gasteiger partial charge in [0.1, 0.15) is 6.10 Å². The maximum Gasteiger partial charge on any atom is 0.306 e. The van der Waals surface area contributed by atoms with Crippen molar-refractivity contribution < 1.29 is 19.4 Å². The summed E-state index contributed by atoms with van der Waals surface area (Å²) in [6.45, 7) is 4.45. The van der Waals surface area contributed by atoms with Gasteiger partial charge in [0, 0.05) is 12.8 Å². The molecule has 0 rings (SSSR count). The van der Waals surface area contributed by atoms with Crippen molar-refractivity contribution in [2.45, 2.75) is 206 Å². The molecule has 0 spiro atoms. The van der Waals surface area contributed by atoms with Gasteiger partial charge in [0.25, 0.3) is 0 Å². The molecule has 1 N–H and O–H groups in total. The lowest BCUT2D eigenvalue weighted by Crippen LogP contribution is -2.18. The van der Waals surface area contributed by atoms with Crippen LogP contribution in [0.5, 0.6) is 0 Å². The number of carboxylic acid groups (broad SMARTS) is 1. The number of esters is 1. The molecule has 0 saturated heterocycles. The summed E-state index contributed by atoms with van der Waals surface area (Å²) in [4.78, 5) is 23.0. The first kappa shape index (κ1) is 43.9. The van der Waals surface area contributed by atoms with Crippen molar-refractivity contribution in [3.63, 3.8) is 0 Å². The zero-order chi connectivity index (χ0) is 33.6. The summed E-state index contributed by atoms with van der Waals surface area (Å²) >= 11 is 0. The Hall–Kier alpha value is -2.10. The standard InChI is InChI=1S/C42H74O4/c1-3-5-7-8-9-10-11-12-13-14-15-16-17-18-19-20-21-26-29-32-35-39-42(45)46-40(36-6-4-2)37-33-30-27-24-22-23-25-28-31-34-38-41(43)44/h9-10,12-13,15-16,18-19,40H,3-8,11,14,17,20-39H2,1-2H3,(H,43,44)/b10-9-,13-12-,16-15-,19-18-. The van der Waals surface area contributed by atoms with Crippen LogP contribution in [-0.2, 0) is 14.3 Å². The van der Waals surface area contributed by atoms with Crippen LogP contribution in [0.2, 0.25) is 0 Å². The zero-order valence-electron chi connectivity index (χ0n) is 30.4. The van der Waals surface area contributed by atoms with E-state index in [9.17, 15) is 9.59 Å². The molecule has 0 aromatic carbocycles. The second kappa shape index (κ2) is 37.4. The van der Waals surface area contributed by atoms with E-state index in [2.05, 4.69) is 62.5 Å². The normalized spacial score (nSPS) is 12.7. The molecule has 0 aliphatic heterocycles. The molecule has 46 heavy (non-hydrogen) atoms. The maximum atomic E-state index is 12.5. The van der Waals surface area contributed by atoms with E-state index >= 15 is 0 Å². The highest BCUT2D eigenvalue weighted by Gasteiger charge is 2.13. The molecule has 4 nitrogen and oxygen atoms in total. The largest absolute Gasteiger partial charge is 0.481 e. The van der Waals surface area contributed by atoms with Crippen LogP contribution in [0.3, 0.4) is 0 Å². The molecule has 0 aromatic heterocycles. The molecule has 0 saturated carbocycles. The number of unbranched alkanes of at least 4 members (excludes halogenated alkanes) is 18. The van der Waals surface area contributed by atoms with E-state index in [0.29, 0.717) is 12.8 Å². The number of carbonyl (C=O) groups excluding carboxylic acids is 1. The Labute approximate surface area is 285 Å². The van der Waals surface area contributed by atoms with Gasteiger partial charge in [-0.15, -0.1) is 0 Å². The third-order valence-corrected chi connectivity index (χ3v) is 8.55. The molecular weight excluding hydrogens is 568 g/mol. The smallest absolute Gasteiger partial charge is 0.306 e. The highest BCUT2D eigenvalue weighted by atomic mass is 16.5. The number of hydrogen-bond acceptors (Lipinski definition) is 3. The van der Waals surface area contributed by atoms with Crippen LogP contribution in [0, 0.1) is 0 Å². The fourth-order valence-electron chi connectivity index (χ4n) is 5.62. The number of carboxylic acids is 1. The van der Waals surface area contributed by atoms with Gasteiger partial charge in [-0.1, -0.05) is 159 Å². The van der Waals surface area contributed by atoms with E-state index in [1.165, 1.54) is 83.5 Å². The third-order valence-electron chi connectivity index (χ3n) is 8.55. The molecular formula is C42H74O4. The van der Waals surface area contributed by atoms with E-state index in [-0.39, 0.29) is 12.1 Å². The van der Waals surface area contributed by atoms with Crippen molar-refractivity contribution in [1.82, 2.24) is 0 Å². The van der Waals surface area contributed by atoms with Crippen molar-refractivity contribution in [3.8, 4) is 0 Å². The SMILES string of the molecule is CCCCC/C=C\C/C=C\C/C=C\C/C=C\CCCCCCCC(=O)OC(CCCC)CCCCCCCCCCCCC(=O)O. The van der Waals surface area contributed by atoms with Gasteiger partial charge in [-0.3, -0.25) is 9.59 Å². The second-order valence-electron chi connectivity index (χ2n) is 13.1. The van der Waals surface area contributed by atoms with Crippen molar-refractivity contribution >= 4 is 11.9 Å². The van der Waals surface area contributed by atoms with Crippen molar-refractivity contribution in [2.75, 3.05) is 0 Å². The fourth-order valence-corrected chi connectivity index (χ4v) is 5.62. The molecule has 0 aliphatic carbocycles. The average molecular weight is 643 g/mol. The Balaban J connectivity index is 3.71. The molecule has 0 bridgehead atoms. The molecule has 1 atom stereocenters. The van der Waals surface area contributed by atoms with Crippen LogP contribution in [0.4, 0.5) is 0 Å². The third kappa shape index (κ3) is 36.4. The van der Waals surface area contributed by atoms with E-state index < -0.39 is 5.97 Å². The lowest BCUT2D eigenvalue weighted by molar-refractivity contribution is -0.150. The van der Waals surface area contributed by atoms with Gasteiger partial charge < -0.3 is 9.84 Å². The molecule has 0 fully saturated rings. The molecule has 0 amide bonds. The number of allylic oxidation sites excluding steroid dienone is 8. The summed E-state index contributed by atoms with van der Waals surface area (Å²) in [7, 11) is 0. The topological polar surface area (TPSA) is 63.6 Å². The Bertz CT molecular complexity index is 779. The first-order valence-corrected chi connectivity index (χ1v) is 19.6. The van der Waals surface area contributed by atoms with Gasteiger partial charge in [0.15, 0.2) is 0 Å². The first-order chi connectivity index (χ1) is 22.6. The van der Waals surface area contributed by atoms with Gasteiger partial charge in [-0.25, -0.2) is 0 Å². The van der Waals surface area contributed by atoms with Crippen molar-refractivity contribution in [2.24, 2.45) is 0 Å². The summed E-state index contributed by atoms with van der Waals surface area (Å²) in [5, 5.41) is 8.68. The Morgan fingerprint density at radius 2 is 0.870 bits per heavy atom. The first-order valence-electron chi connectivity index (χ1n) is 19.6. The molecule has 1 unspecified atom stereocenters.